The van der Waals surface area contributed by atoms with E-state index in [1.54, 1.807) is 0 Å². The van der Waals surface area contributed by atoms with Crippen molar-refractivity contribution in [3.63, 3.8) is 0 Å². The number of nitrogens with two attached hydrogens (primary N) is 1. The summed E-state index contributed by atoms with van der Waals surface area (Å²) in [4.78, 5) is 2.40. The zero-order valence-electron chi connectivity index (χ0n) is 11.4. The number of nitrogens with zero attached hydrogens (tertiary/aromatic N) is 1. The second-order valence-electron chi connectivity index (χ2n) is 5.24. The van der Waals surface area contributed by atoms with Crippen molar-refractivity contribution < 1.29 is 0 Å². The van der Waals surface area contributed by atoms with E-state index in [1.165, 1.54) is 12.0 Å². The summed E-state index contributed by atoms with van der Waals surface area (Å²) in [6, 6.07) is 11.2. The van der Waals surface area contributed by atoms with E-state index in [0.717, 1.165) is 19.5 Å². The zero-order valence-corrected chi connectivity index (χ0v) is 11.4. The average Bonchev–Trinajstić information content (AvgIpc) is 2.34. The minimum atomic E-state index is 0.513. The first-order valence-corrected chi connectivity index (χ1v) is 6.57. The van der Waals surface area contributed by atoms with Gasteiger partial charge in [0.05, 0.1) is 0 Å². The van der Waals surface area contributed by atoms with Crippen molar-refractivity contribution in [2.45, 2.75) is 32.7 Å². The van der Waals surface area contributed by atoms with E-state index in [0.29, 0.717) is 12.0 Å². The van der Waals surface area contributed by atoms with Gasteiger partial charge in [0.2, 0.25) is 0 Å². The summed E-state index contributed by atoms with van der Waals surface area (Å²) in [5.74, 6) is 0.711. The van der Waals surface area contributed by atoms with Crippen molar-refractivity contribution in [2.24, 2.45) is 11.7 Å². The SMILES string of the molecule is CC(C)CC(CN)N(C)CCc1ccccc1. The van der Waals surface area contributed by atoms with E-state index in [-0.39, 0.29) is 0 Å². The third-order valence-corrected chi connectivity index (χ3v) is 3.23. The molecule has 0 saturated carbocycles. The van der Waals surface area contributed by atoms with Crippen LogP contribution in [0.2, 0.25) is 0 Å². The molecule has 2 heteroatoms. The maximum absolute atomic E-state index is 5.85. The topological polar surface area (TPSA) is 29.3 Å². The molecule has 1 aromatic carbocycles. The highest BCUT2D eigenvalue weighted by Crippen LogP contribution is 2.10. The summed E-state index contributed by atoms with van der Waals surface area (Å²) in [6.45, 7) is 6.35. The minimum Gasteiger partial charge on any atom is -0.329 e. The molecule has 0 fully saturated rings. The van der Waals surface area contributed by atoms with Crippen LogP contribution in [0.1, 0.15) is 25.8 Å². The third kappa shape index (κ3) is 5.33. The van der Waals surface area contributed by atoms with Crippen molar-refractivity contribution in [2.75, 3.05) is 20.1 Å². The monoisotopic (exact) mass is 234 g/mol. The normalized spacial score (nSPS) is 13.3. The Labute approximate surface area is 106 Å². The number of rotatable bonds is 7. The van der Waals surface area contributed by atoms with E-state index in [4.69, 9.17) is 5.73 Å². The van der Waals surface area contributed by atoms with E-state index in [1.807, 2.05) is 0 Å². The molecule has 0 spiro atoms. The van der Waals surface area contributed by atoms with Gasteiger partial charge in [0, 0.05) is 19.1 Å². The summed E-state index contributed by atoms with van der Waals surface area (Å²) >= 11 is 0. The van der Waals surface area contributed by atoms with Gasteiger partial charge in [-0.1, -0.05) is 44.2 Å². The van der Waals surface area contributed by atoms with Crippen LogP contribution in [0.5, 0.6) is 0 Å². The van der Waals surface area contributed by atoms with E-state index in [9.17, 15) is 0 Å². The summed E-state index contributed by atoms with van der Waals surface area (Å²) in [5.41, 5.74) is 7.25. The summed E-state index contributed by atoms with van der Waals surface area (Å²) in [7, 11) is 2.18. The Balaban J connectivity index is 2.39. The van der Waals surface area contributed by atoms with E-state index < -0.39 is 0 Å². The lowest BCUT2D eigenvalue weighted by Gasteiger charge is -2.28. The van der Waals surface area contributed by atoms with Gasteiger partial charge < -0.3 is 10.6 Å². The quantitative estimate of drug-likeness (QED) is 0.785. The van der Waals surface area contributed by atoms with Crippen LogP contribution in [0, 0.1) is 5.92 Å². The Morgan fingerprint density at radius 1 is 1.18 bits per heavy atom. The standard InChI is InChI=1S/C15H26N2/c1-13(2)11-15(12-16)17(3)10-9-14-7-5-4-6-8-14/h4-8,13,15H,9-12,16H2,1-3H3. The van der Waals surface area contributed by atoms with Gasteiger partial charge in [-0.3, -0.25) is 0 Å². The largest absolute Gasteiger partial charge is 0.329 e. The predicted octanol–water partition coefficient (Wildman–Crippen LogP) is 2.53. The lowest BCUT2D eigenvalue weighted by molar-refractivity contribution is 0.220. The highest BCUT2D eigenvalue weighted by molar-refractivity contribution is 5.14. The maximum Gasteiger partial charge on any atom is 0.0217 e. The van der Waals surface area contributed by atoms with Gasteiger partial charge in [0.15, 0.2) is 0 Å². The van der Waals surface area contributed by atoms with Crippen LogP contribution in [0.4, 0.5) is 0 Å². The molecule has 2 N–H and O–H groups in total. The Morgan fingerprint density at radius 2 is 1.82 bits per heavy atom. The highest BCUT2D eigenvalue weighted by Gasteiger charge is 2.14. The number of likely N-dealkylation sites (N-methyl/N-ethyl adjacent to an activating group) is 1. The molecule has 0 radical (unpaired) electrons. The van der Waals surface area contributed by atoms with Crippen LogP contribution in [0.25, 0.3) is 0 Å². The molecule has 0 amide bonds. The lowest BCUT2D eigenvalue weighted by atomic mass is 10.0. The van der Waals surface area contributed by atoms with Gasteiger partial charge in [-0.15, -0.1) is 0 Å². The summed E-state index contributed by atoms with van der Waals surface area (Å²) in [6.07, 6.45) is 2.29. The predicted molar refractivity (Wildman–Crippen MR) is 75.1 cm³/mol. The number of hydrogen-bond acceptors (Lipinski definition) is 2. The van der Waals surface area contributed by atoms with Crippen LogP contribution >= 0.6 is 0 Å². The molecule has 0 aliphatic carbocycles. The molecule has 17 heavy (non-hydrogen) atoms. The first-order chi connectivity index (χ1) is 8.13. The van der Waals surface area contributed by atoms with Crippen LogP contribution in [-0.4, -0.2) is 31.1 Å². The molecule has 0 saturated heterocycles. The minimum absolute atomic E-state index is 0.513. The first kappa shape index (κ1) is 14.2. The average molecular weight is 234 g/mol. The van der Waals surface area contributed by atoms with Crippen molar-refractivity contribution in [3.8, 4) is 0 Å². The third-order valence-electron chi connectivity index (χ3n) is 3.23. The van der Waals surface area contributed by atoms with Crippen molar-refractivity contribution >= 4 is 0 Å². The van der Waals surface area contributed by atoms with Gasteiger partial charge in [0.1, 0.15) is 0 Å². The van der Waals surface area contributed by atoms with Gasteiger partial charge in [0.25, 0.3) is 0 Å². The molecule has 0 aliphatic heterocycles. The Hall–Kier alpha value is -0.860. The smallest absolute Gasteiger partial charge is 0.0217 e. The second kappa shape index (κ2) is 7.46. The molecule has 0 aromatic heterocycles. The Morgan fingerprint density at radius 3 is 2.35 bits per heavy atom. The first-order valence-electron chi connectivity index (χ1n) is 6.57. The Kier molecular flexibility index (Phi) is 6.23. The van der Waals surface area contributed by atoms with Gasteiger partial charge in [-0.2, -0.15) is 0 Å². The fourth-order valence-electron chi connectivity index (χ4n) is 2.13. The van der Waals surface area contributed by atoms with E-state index in [2.05, 4.69) is 56.1 Å². The van der Waals surface area contributed by atoms with Crippen LogP contribution in [0.15, 0.2) is 30.3 Å². The Bertz CT molecular complexity index is 295. The molecule has 1 aromatic rings. The van der Waals surface area contributed by atoms with Crippen molar-refractivity contribution in [3.05, 3.63) is 35.9 Å². The lowest BCUT2D eigenvalue weighted by Crippen LogP contribution is -2.39. The zero-order chi connectivity index (χ0) is 12.7. The molecule has 1 unspecified atom stereocenters. The maximum atomic E-state index is 5.85. The molecule has 2 nitrogen and oxygen atoms in total. The molecule has 0 bridgehead atoms. The van der Waals surface area contributed by atoms with E-state index >= 15 is 0 Å². The second-order valence-corrected chi connectivity index (χ2v) is 5.24. The summed E-state index contributed by atoms with van der Waals surface area (Å²) in [5, 5.41) is 0. The number of hydrogen-bond donors (Lipinski definition) is 1. The summed E-state index contributed by atoms with van der Waals surface area (Å²) < 4.78 is 0. The molecular formula is C15H26N2. The van der Waals surface area contributed by atoms with Gasteiger partial charge in [-0.05, 0) is 31.4 Å². The van der Waals surface area contributed by atoms with Crippen LogP contribution < -0.4 is 5.73 Å². The van der Waals surface area contributed by atoms with Crippen LogP contribution in [0.3, 0.4) is 0 Å². The molecule has 1 atom stereocenters. The van der Waals surface area contributed by atoms with Gasteiger partial charge in [-0.25, -0.2) is 0 Å². The van der Waals surface area contributed by atoms with Gasteiger partial charge >= 0.3 is 0 Å². The molecular weight excluding hydrogens is 208 g/mol. The molecule has 0 aliphatic rings. The van der Waals surface area contributed by atoms with Crippen molar-refractivity contribution in [1.29, 1.82) is 0 Å². The fourth-order valence-corrected chi connectivity index (χ4v) is 2.13. The molecule has 1 rings (SSSR count). The fraction of sp³-hybridized carbons (Fsp3) is 0.600. The van der Waals surface area contributed by atoms with Crippen LogP contribution in [-0.2, 0) is 6.42 Å². The highest BCUT2D eigenvalue weighted by atomic mass is 15.1. The molecule has 96 valence electrons. The molecule has 0 heterocycles. The van der Waals surface area contributed by atoms with Crippen molar-refractivity contribution in [1.82, 2.24) is 4.90 Å². The number of benzene rings is 1.